The van der Waals surface area contributed by atoms with E-state index < -0.39 is 5.97 Å². The molecule has 146 valence electrons. The smallest absolute Gasteiger partial charge is 0.303 e. The maximum Gasteiger partial charge on any atom is 0.303 e. The lowest BCUT2D eigenvalue weighted by Crippen LogP contribution is -2.49. The largest absolute Gasteiger partial charge is 0.481 e. The summed E-state index contributed by atoms with van der Waals surface area (Å²) in [7, 11) is 0. The van der Waals surface area contributed by atoms with Gasteiger partial charge in [0.1, 0.15) is 0 Å². The number of carboxylic acids is 1. The van der Waals surface area contributed by atoms with Crippen molar-refractivity contribution in [2.24, 2.45) is 5.92 Å². The van der Waals surface area contributed by atoms with E-state index in [1.807, 2.05) is 40.1 Å². The van der Waals surface area contributed by atoms with Crippen LogP contribution in [-0.2, 0) is 9.59 Å². The van der Waals surface area contributed by atoms with Gasteiger partial charge in [-0.1, -0.05) is 18.2 Å². The topological polar surface area (TPSA) is 77.9 Å². The van der Waals surface area contributed by atoms with Crippen LogP contribution in [0.15, 0.2) is 30.3 Å². The van der Waals surface area contributed by atoms with Gasteiger partial charge in [0.2, 0.25) is 5.91 Å². The molecule has 3 rings (SSSR count). The lowest BCUT2D eigenvalue weighted by Gasteiger charge is -2.40. The minimum Gasteiger partial charge on any atom is -0.481 e. The fraction of sp³-hybridized carbons (Fsp3) is 0.571. The second-order valence-electron chi connectivity index (χ2n) is 7.55. The van der Waals surface area contributed by atoms with Crippen molar-refractivity contribution in [3.8, 4) is 0 Å². The highest BCUT2D eigenvalue weighted by Gasteiger charge is 2.34. The van der Waals surface area contributed by atoms with E-state index in [2.05, 4.69) is 0 Å². The Kier molecular flexibility index (Phi) is 6.48. The van der Waals surface area contributed by atoms with Crippen LogP contribution in [0.2, 0.25) is 0 Å². The fourth-order valence-electron chi connectivity index (χ4n) is 4.21. The summed E-state index contributed by atoms with van der Waals surface area (Å²) in [4.78, 5) is 40.2. The van der Waals surface area contributed by atoms with E-state index in [-0.39, 0.29) is 30.2 Å². The lowest BCUT2D eigenvalue weighted by atomic mass is 9.91. The van der Waals surface area contributed by atoms with Crippen molar-refractivity contribution in [2.75, 3.05) is 19.6 Å². The van der Waals surface area contributed by atoms with Crippen molar-refractivity contribution >= 4 is 17.8 Å². The first kappa shape index (κ1) is 19.4. The van der Waals surface area contributed by atoms with Crippen molar-refractivity contribution in [1.82, 2.24) is 9.80 Å². The molecule has 2 amide bonds. The molecule has 0 radical (unpaired) electrons. The number of likely N-dealkylation sites (tertiary alicyclic amines) is 2. The summed E-state index contributed by atoms with van der Waals surface area (Å²) in [5.41, 5.74) is 0.687. The molecule has 1 aromatic rings. The Morgan fingerprint density at radius 1 is 0.963 bits per heavy atom. The van der Waals surface area contributed by atoms with Crippen LogP contribution in [-0.4, -0.2) is 58.4 Å². The predicted molar refractivity (Wildman–Crippen MR) is 101 cm³/mol. The molecule has 2 aliphatic heterocycles. The molecule has 2 heterocycles. The maximum atomic E-state index is 13.0. The predicted octanol–water partition coefficient (Wildman–Crippen LogP) is 2.78. The van der Waals surface area contributed by atoms with Crippen LogP contribution in [0.3, 0.4) is 0 Å². The first-order valence-corrected chi connectivity index (χ1v) is 9.93. The zero-order chi connectivity index (χ0) is 19.2. The molecule has 0 saturated carbocycles. The second-order valence-corrected chi connectivity index (χ2v) is 7.55. The molecular weight excluding hydrogens is 344 g/mol. The monoisotopic (exact) mass is 372 g/mol. The van der Waals surface area contributed by atoms with Gasteiger partial charge in [0, 0.05) is 43.6 Å². The highest BCUT2D eigenvalue weighted by Crippen LogP contribution is 2.27. The number of benzene rings is 1. The molecule has 6 heteroatoms. The number of aliphatic carboxylic acids is 1. The summed E-state index contributed by atoms with van der Waals surface area (Å²) in [5.74, 6) is -0.688. The fourth-order valence-corrected chi connectivity index (χ4v) is 4.21. The molecule has 0 bridgehead atoms. The highest BCUT2D eigenvalue weighted by atomic mass is 16.4. The standard InChI is InChI=1S/C21H28N2O4/c24-19(25)10-9-18-8-4-5-13-23(18)21(27)17-11-14-22(15-12-17)20(26)16-6-2-1-3-7-16/h1-3,6-7,17-18H,4-5,8-15H2,(H,24,25). The number of carboxylic acid groups (broad SMARTS) is 1. The Balaban J connectivity index is 1.55. The van der Waals surface area contributed by atoms with Gasteiger partial charge in [-0.25, -0.2) is 0 Å². The van der Waals surface area contributed by atoms with Crippen molar-refractivity contribution in [3.05, 3.63) is 35.9 Å². The quantitative estimate of drug-likeness (QED) is 0.862. The van der Waals surface area contributed by atoms with Crippen molar-refractivity contribution < 1.29 is 19.5 Å². The average Bonchev–Trinajstić information content (AvgIpc) is 2.72. The zero-order valence-corrected chi connectivity index (χ0v) is 15.7. The lowest BCUT2D eigenvalue weighted by molar-refractivity contribution is -0.143. The van der Waals surface area contributed by atoms with Crippen LogP contribution in [0, 0.1) is 5.92 Å². The zero-order valence-electron chi connectivity index (χ0n) is 15.7. The Labute approximate surface area is 160 Å². The van der Waals surface area contributed by atoms with Crippen LogP contribution >= 0.6 is 0 Å². The number of amides is 2. The molecule has 27 heavy (non-hydrogen) atoms. The van der Waals surface area contributed by atoms with E-state index in [0.29, 0.717) is 37.9 Å². The first-order chi connectivity index (χ1) is 13.1. The molecular formula is C21H28N2O4. The molecule has 1 aromatic carbocycles. The number of hydrogen-bond acceptors (Lipinski definition) is 3. The van der Waals surface area contributed by atoms with Gasteiger partial charge in [0.05, 0.1) is 0 Å². The van der Waals surface area contributed by atoms with Gasteiger partial charge in [0.15, 0.2) is 0 Å². The number of rotatable bonds is 5. The van der Waals surface area contributed by atoms with E-state index >= 15 is 0 Å². The van der Waals surface area contributed by atoms with E-state index in [4.69, 9.17) is 5.11 Å². The van der Waals surface area contributed by atoms with E-state index in [9.17, 15) is 14.4 Å². The Morgan fingerprint density at radius 2 is 1.67 bits per heavy atom. The summed E-state index contributed by atoms with van der Waals surface area (Å²) in [6.45, 7) is 1.92. The second kappa shape index (κ2) is 9.02. The maximum absolute atomic E-state index is 13.0. The molecule has 6 nitrogen and oxygen atoms in total. The molecule has 1 N–H and O–H groups in total. The summed E-state index contributed by atoms with van der Waals surface area (Å²) in [6.07, 6.45) is 4.94. The third-order valence-corrected chi connectivity index (χ3v) is 5.75. The first-order valence-electron chi connectivity index (χ1n) is 9.93. The molecule has 2 fully saturated rings. The number of nitrogens with zero attached hydrogens (tertiary/aromatic N) is 2. The minimum absolute atomic E-state index is 0.0267. The number of carbonyl (C=O) groups is 3. The van der Waals surface area contributed by atoms with Gasteiger partial charge in [-0.05, 0) is 50.7 Å². The van der Waals surface area contributed by atoms with E-state index in [0.717, 1.165) is 25.8 Å². The van der Waals surface area contributed by atoms with Crippen molar-refractivity contribution in [1.29, 1.82) is 0 Å². The van der Waals surface area contributed by atoms with Crippen molar-refractivity contribution in [3.63, 3.8) is 0 Å². The third kappa shape index (κ3) is 4.87. The summed E-state index contributed by atoms with van der Waals surface area (Å²) < 4.78 is 0. The van der Waals surface area contributed by atoms with Crippen LogP contribution in [0.5, 0.6) is 0 Å². The van der Waals surface area contributed by atoms with Gasteiger partial charge in [-0.15, -0.1) is 0 Å². The molecule has 0 aliphatic carbocycles. The average molecular weight is 372 g/mol. The summed E-state index contributed by atoms with van der Waals surface area (Å²) in [5, 5.41) is 8.95. The summed E-state index contributed by atoms with van der Waals surface area (Å²) >= 11 is 0. The molecule has 0 spiro atoms. The van der Waals surface area contributed by atoms with Crippen LogP contribution in [0.1, 0.15) is 55.3 Å². The number of piperidine rings is 2. The highest BCUT2D eigenvalue weighted by molar-refractivity contribution is 5.94. The Morgan fingerprint density at radius 3 is 2.33 bits per heavy atom. The SMILES string of the molecule is O=C(O)CCC1CCCCN1C(=O)C1CCN(C(=O)c2ccccc2)CC1. The number of carbonyl (C=O) groups excluding carboxylic acids is 2. The van der Waals surface area contributed by atoms with Crippen LogP contribution in [0.25, 0.3) is 0 Å². The normalized spacial score (nSPS) is 21.1. The summed E-state index contributed by atoms with van der Waals surface area (Å²) in [6, 6.07) is 9.29. The minimum atomic E-state index is -0.805. The van der Waals surface area contributed by atoms with Gasteiger partial charge in [0.25, 0.3) is 5.91 Å². The van der Waals surface area contributed by atoms with Gasteiger partial charge >= 0.3 is 5.97 Å². The van der Waals surface area contributed by atoms with Crippen LogP contribution < -0.4 is 0 Å². The Bertz CT molecular complexity index is 668. The van der Waals surface area contributed by atoms with Crippen LogP contribution in [0.4, 0.5) is 0 Å². The van der Waals surface area contributed by atoms with E-state index in [1.165, 1.54) is 0 Å². The molecule has 2 aliphatic rings. The van der Waals surface area contributed by atoms with Gasteiger partial charge < -0.3 is 14.9 Å². The van der Waals surface area contributed by atoms with E-state index in [1.54, 1.807) is 0 Å². The Hall–Kier alpha value is -2.37. The number of hydrogen-bond donors (Lipinski definition) is 1. The van der Waals surface area contributed by atoms with Crippen molar-refractivity contribution in [2.45, 2.75) is 51.0 Å². The molecule has 0 aromatic heterocycles. The van der Waals surface area contributed by atoms with Gasteiger partial charge in [-0.3, -0.25) is 14.4 Å². The third-order valence-electron chi connectivity index (χ3n) is 5.75. The molecule has 1 atom stereocenters. The molecule has 1 unspecified atom stereocenters. The molecule has 2 saturated heterocycles. The van der Waals surface area contributed by atoms with Gasteiger partial charge in [-0.2, -0.15) is 0 Å².